The van der Waals surface area contributed by atoms with Crippen molar-refractivity contribution in [3.05, 3.63) is 47.4 Å². The number of nitrogens with zero attached hydrogens (tertiary/aromatic N) is 2. The third-order valence-corrected chi connectivity index (χ3v) is 6.01. The van der Waals surface area contributed by atoms with Crippen LogP contribution in [-0.4, -0.2) is 41.4 Å². The first kappa shape index (κ1) is 22.1. The summed E-state index contributed by atoms with van der Waals surface area (Å²) >= 11 is 0. The summed E-state index contributed by atoms with van der Waals surface area (Å²) in [5.41, 5.74) is 4.85. The Hall–Kier alpha value is -3.76. The highest BCUT2D eigenvalue weighted by Crippen LogP contribution is 2.40. The van der Waals surface area contributed by atoms with Gasteiger partial charge in [0.05, 0.1) is 24.5 Å². The Morgan fingerprint density at radius 2 is 2.12 bits per heavy atom. The van der Waals surface area contributed by atoms with Crippen LogP contribution in [0.25, 0.3) is 22.5 Å². The summed E-state index contributed by atoms with van der Waals surface area (Å²) in [6.07, 6.45) is -2.29. The smallest absolute Gasteiger partial charge is 0.449 e. The van der Waals surface area contributed by atoms with Gasteiger partial charge >= 0.3 is 12.3 Å². The monoisotopic (exact) mass is 474 g/mol. The van der Waals surface area contributed by atoms with Crippen LogP contribution < -0.4 is 10.2 Å². The number of hydrogen-bond donors (Lipinski definition) is 2. The number of H-pyrrole nitrogens is 1. The van der Waals surface area contributed by atoms with Gasteiger partial charge < -0.3 is 14.5 Å². The quantitative estimate of drug-likeness (QED) is 0.587. The lowest BCUT2D eigenvalue weighted by atomic mass is 10.00. The van der Waals surface area contributed by atoms with Gasteiger partial charge in [0, 0.05) is 29.3 Å². The van der Waals surface area contributed by atoms with Gasteiger partial charge in [-0.25, -0.2) is 4.79 Å². The van der Waals surface area contributed by atoms with Crippen molar-refractivity contribution >= 4 is 17.7 Å². The molecule has 11 heteroatoms. The molecule has 0 radical (unpaired) electrons. The number of halogens is 3. The number of carbonyl (C=O) groups excluding carboxylic acids is 2. The Morgan fingerprint density at radius 3 is 2.85 bits per heavy atom. The lowest BCUT2D eigenvalue weighted by Crippen LogP contribution is -2.33. The van der Waals surface area contributed by atoms with Gasteiger partial charge in [0.2, 0.25) is 11.7 Å². The van der Waals surface area contributed by atoms with Crippen molar-refractivity contribution in [3.8, 4) is 22.5 Å². The zero-order valence-corrected chi connectivity index (χ0v) is 18.2. The lowest BCUT2D eigenvalue weighted by molar-refractivity contribution is -0.153. The van der Waals surface area contributed by atoms with E-state index in [9.17, 15) is 22.8 Å². The summed E-state index contributed by atoms with van der Waals surface area (Å²) in [7, 11) is 0. The Bertz CT molecular complexity index is 1260. The predicted octanol–water partition coefficient (Wildman–Crippen LogP) is 4.31. The second-order valence-corrected chi connectivity index (χ2v) is 8.37. The molecule has 1 aliphatic heterocycles. The van der Waals surface area contributed by atoms with E-state index < -0.39 is 24.1 Å². The predicted molar refractivity (Wildman–Crippen MR) is 115 cm³/mol. The zero-order chi connectivity index (χ0) is 24.0. The highest BCUT2D eigenvalue weighted by molar-refractivity contribution is 5.91. The number of rotatable bonds is 4. The van der Waals surface area contributed by atoms with Crippen molar-refractivity contribution in [1.29, 1.82) is 0 Å². The molecule has 0 spiro atoms. The van der Waals surface area contributed by atoms with Crippen molar-refractivity contribution in [1.82, 2.24) is 15.5 Å². The number of alkyl halides is 3. The Kier molecular flexibility index (Phi) is 5.34. The highest BCUT2D eigenvalue weighted by atomic mass is 19.4. The minimum absolute atomic E-state index is 0.195. The minimum Gasteiger partial charge on any atom is -0.459 e. The van der Waals surface area contributed by atoms with Crippen molar-refractivity contribution in [2.75, 3.05) is 18.0 Å². The Morgan fingerprint density at radius 1 is 1.29 bits per heavy atom. The SMILES string of the molecule is CC(=O)NC[C@H]1CN(c2ccc3c(c2)CCCc2c(-c4coc(C(F)(F)F)c4)n[nH]c2-3)C(=O)O1. The van der Waals surface area contributed by atoms with Gasteiger partial charge in [-0.3, -0.25) is 14.8 Å². The van der Waals surface area contributed by atoms with Gasteiger partial charge in [-0.1, -0.05) is 6.07 Å². The number of aromatic amines is 1. The lowest BCUT2D eigenvalue weighted by Gasteiger charge is -2.16. The first-order chi connectivity index (χ1) is 16.2. The van der Waals surface area contributed by atoms with E-state index in [1.165, 1.54) is 11.8 Å². The average Bonchev–Trinajstić information content (AvgIpc) is 3.48. The van der Waals surface area contributed by atoms with E-state index in [1.54, 1.807) is 6.07 Å². The fourth-order valence-electron chi connectivity index (χ4n) is 4.43. The molecule has 5 rings (SSSR count). The molecule has 2 aliphatic rings. The summed E-state index contributed by atoms with van der Waals surface area (Å²) < 4.78 is 49.0. The molecule has 2 aromatic heterocycles. The number of cyclic esters (lactones) is 1. The number of furan rings is 1. The number of fused-ring (bicyclic) bond motifs is 3. The number of aromatic nitrogens is 2. The van der Waals surface area contributed by atoms with Crippen LogP contribution in [0, 0.1) is 0 Å². The third-order valence-electron chi connectivity index (χ3n) is 6.01. The summed E-state index contributed by atoms with van der Waals surface area (Å²) in [6.45, 7) is 1.96. The molecule has 0 bridgehead atoms. The molecule has 178 valence electrons. The number of carbonyl (C=O) groups is 2. The normalized spacial score (nSPS) is 17.7. The molecule has 0 saturated carbocycles. The molecule has 1 fully saturated rings. The molecule has 2 N–H and O–H groups in total. The van der Waals surface area contributed by atoms with E-state index in [0.717, 1.165) is 47.6 Å². The van der Waals surface area contributed by atoms with E-state index >= 15 is 0 Å². The van der Waals surface area contributed by atoms with Crippen molar-refractivity contribution < 1.29 is 31.9 Å². The molecule has 3 aromatic rings. The fourth-order valence-corrected chi connectivity index (χ4v) is 4.43. The Labute approximate surface area is 192 Å². The van der Waals surface area contributed by atoms with Gasteiger partial charge in [-0.05, 0) is 43.0 Å². The minimum atomic E-state index is -4.56. The number of ether oxygens (including phenoxy) is 1. The van der Waals surface area contributed by atoms with Crippen LogP contribution in [0.5, 0.6) is 0 Å². The first-order valence-corrected chi connectivity index (χ1v) is 10.8. The zero-order valence-electron chi connectivity index (χ0n) is 18.2. The maximum absolute atomic E-state index is 13.0. The molecule has 8 nitrogen and oxygen atoms in total. The van der Waals surface area contributed by atoms with Gasteiger partial charge in [0.1, 0.15) is 12.4 Å². The summed E-state index contributed by atoms with van der Waals surface area (Å²) in [6, 6.07) is 6.56. The molecular weight excluding hydrogens is 453 g/mol. The molecule has 1 saturated heterocycles. The fraction of sp³-hybridized carbons (Fsp3) is 0.348. The molecule has 1 atom stereocenters. The molecule has 0 unspecified atom stereocenters. The summed E-state index contributed by atoms with van der Waals surface area (Å²) in [5, 5.41) is 9.92. The van der Waals surface area contributed by atoms with E-state index in [1.807, 2.05) is 12.1 Å². The number of hydrogen-bond acceptors (Lipinski definition) is 5. The van der Waals surface area contributed by atoms with E-state index in [-0.39, 0.29) is 18.0 Å². The number of aryl methyl sites for hydroxylation is 1. The highest BCUT2D eigenvalue weighted by Gasteiger charge is 2.36. The molecule has 1 aromatic carbocycles. The van der Waals surface area contributed by atoms with Crippen LogP contribution in [0.15, 0.2) is 34.9 Å². The first-order valence-electron chi connectivity index (χ1n) is 10.8. The van der Waals surface area contributed by atoms with E-state index in [2.05, 4.69) is 15.5 Å². The Balaban J connectivity index is 1.42. The topological polar surface area (TPSA) is 100 Å². The van der Waals surface area contributed by atoms with Crippen LogP contribution in [0.4, 0.5) is 23.7 Å². The van der Waals surface area contributed by atoms with Gasteiger partial charge in [0.25, 0.3) is 0 Å². The largest absolute Gasteiger partial charge is 0.459 e. The molecular formula is C23H21F3N4O4. The average molecular weight is 474 g/mol. The molecule has 34 heavy (non-hydrogen) atoms. The number of anilines is 1. The van der Waals surface area contributed by atoms with Gasteiger partial charge in [-0.15, -0.1) is 0 Å². The number of benzene rings is 1. The van der Waals surface area contributed by atoms with Gasteiger partial charge in [-0.2, -0.15) is 18.3 Å². The van der Waals surface area contributed by atoms with Crippen LogP contribution in [0.1, 0.15) is 30.2 Å². The maximum Gasteiger partial charge on any atom is 0.449 e. The number of amides is 2. The van der Waals surface area contributed by atoms with Crippen molar-refractivity contribution in [3.63, 3.8) is 0 Å². The molecule has 2 amide bonds. The maximum atomic E-state index is 13.0. The van der Waals surface area contributed by atoms with Crippen molar-refractivity contribution in [2.24, 2.45) is 0 Å². The van der Waals surface area contributed by atoms with Crippen LogP contribution in [-0.2, 0) is 28.5 Å². The van der Waals surface area contributed by atoms with Crippen molar-refractivity contribution in [2.45, 2.75) is 38.5 Å². The second kappa shape index (κ2) is 8.23. The summed E-state index contributed by atoms with van der Waals surface area (Å²) in [4.78, 5) is 25.0. The number of nitrogens with one attached hydrogen (secondary N) is 2. The molecule has 3 heterocycles. The van der Waals surface area contributed by atoms with E-state index in [0.29, 0.717) is 24.3 Å². The summed E-state index contributed by atoms with van der Waals surface area (Å²) in [5.74, 6) is -1.26. The van der Waals surface area contributed by atoms with Crippen LogP contribution >= 0.6 is 0 Å². The van der Waals surface area contributed by atoms with Gasteiger partial charge in [0.15, 0.2) is 0 Å². The van der Waals surface area contributed by atoms with Crippen LogP contribution in [0.3, 0.4) is 0 Å². The third kappa shape index (κ3) is 4.02. The van der Waals surface area contributed by atoms with E-state index in [4.69, 9.17) is 9.15 Å². The van der Waals surface area contributed by atoms with Crippen LogP contribution in [0.2, 0.25) is 0 Å². The standard InChI is InChI=1S/C23H21F3N4O4/c1-12(31)27-9-16-10-30(22(32)34-16)15-5-6-17-13(7-15)3-2-4-18-20(28-29-21(17)18)14-8-19(33-11-14)23(24,25)26/h5-8,11,16H,2-4,9-10H2,1H3,(H,27,31)(H,28,29)/t16-/m0/s1. The molecule has 1 aliphatic carbocycles. The second-order valence-electron chi connectivity index (χ2n) is 8.37.